The van der Waals surface area contributed by atoms with E-state index in [9.17, 15) is 10.1 Å². The number of hydrogen-bond acceptors (Lipinski definition) is 4. The summed E-state index contributed by atoms with van der Waals surface area (Å²) in [7, 11) is 0. The van der Waals surface area contributed by atoms with Crippen molar-refractivity contribution in [3.8, 4) is 11.8 Å². The smallest absolute Gasteiger partial charge is 0.262 e. The summed E-state index contributed by atoms with van der Waals surface area (Å²) in [5.74, 6) is 0.756. The molecule has 0 fully saturated rings. The summed E-state index contributed by atoms with van der Waals surface area (Å²) in [6.07, 6.45) is 3.06. The average Bonchev–Trinajstić information content (AvgIpc) is 3.24. The first-order chi connectivity index (χ1) is 13.3. The molecule has 0 spiro atoms. The van der Waals surface area contributed by atoms with E-state index in [-0.39, 0.29) is 12.1 Å². The van der Waals surface area contributed by atoms with Crippen LogP contribution in [-0.2, 0) is 17.9 Å². The third-order valence-corrected chi connectivity index (χ3v) is 3.82. The van der Waals surface area contributed by atoms with Crippen LogP contribution < -0.4 is 10.1 Å². The predicted octanol–water partition coefficient (Wildman–Crippen LogP) is 4.08. The molecule has 27 heavy (non-hydrogen) atoms. The SMILES string of the molecule is N#C/C(=C/c1ccccc1OCc1ccccc1)C(=O)NCc1ccco1. The zero-order valence-electron chi connectivity index (χ0n) is 14.6. The molecule has 3 rings (SSSR count). The molecule has 2 aromatic carbocycles. The molecule has 0 unspecified atom stereocenters. The maximum Gasteiger partial charge on any atom is 0.262 e. The lowest BCUT2D eigenvalue weighted by molar-refractivity contribution is -0.117. The van der Waals surface area contributed by atoms with Crippen molar-refractivity contribution in [3.63, 3.8) is 0 Å². The number of carbonyl (C=O) groups excluding carboxylic acids is 1. The number of furan rings is 1. The van der Waals surface area contributed by atoms with Gasteiger partial charge in [0.2, 0.25) is 0 Å². The first-order valence-electron chi connectivity index (χ1n) is 8.44. The van der Waals surface area contributed by atoms with Gasteiger partial charge in [-0.1, -0.05) is 48.5 Å². The standard InChI is InChI=1S/C22H18N2O3/c23-14-19(22(25)24-15-20-10-6-12-26-20)13-18-9-4-5-11-21(18)27-16-17-7-2-1-3-8-17/h1-13H,15-16H2,(H,24,25)/b19-13-. The Bertz CT molecular complexity index is 955. The first kappa shape index (κ1) is 18.0. The van der Waals surface area contributed by atoms with Crippen molar-refractivity contribution in [3.05, 3.63) is 95.5 Å². The van der Waals surface area contributed by atoms with Crippen LogP contribution in [0, 0.1) is 11.3 Å². The molecule has 0 radical (unpaired) electrons. The van der Waals surface area contributed by atoms with E-state index < -0.39 is 5.91 Å². The minimum atomic E-state index is -0.466. The van der Waals surface area contributed by atoms with E-state index in [0.717, 1.165) is 5.56 Å². The van der Waals surface area contributed by atoms with Gasteiger partial charge in [0.1, 0.15) is 29.8 Å². The quantitative estimate of drug-likeness (QED) is 0.510. The van der Waals surface area contributed by atoms with Crippen LogP contribution in [0.1, 0.15) is 16.9 Å². The summed E-state index contributed by atoms with van der Waals surface area (Å²) in [6.45, 7) is 0.620. The molecule has 0 atom stereocenters. The van der Waals surface area contributed by atoms with Crippen LogP contribution in [0.5, 0.6) is 5.75 Å². The van der Waals surface area contributed by atoms with E-state index in [2.05, 4.69) is 5.32 Å². The summed E-state index contributed by atoms with van der Waals surface area (Å²) >= 11 is 0. The van der Waals surface area contributed by atoms with Gasteiger partial charge >= 0.3 is 0 Å². The first-order valence-corrected chi connectivity index (χ1v) is 8.44. The highest BCUT2D eigenvalue weighted by Gasteiger charge is 2.11. The number of hydrogen-bond donors (Lipinski definition) is 1. The minimum Gasteiger partial charge on any atom is -0.488 e. The number of ether oxygens (including phenoxy) is 1. The van der Waals surface area contributed by atoms with Crippen LogP contribution in [0.2, 0.25) is 0 Å². The molecule has 0 saturated heterocycles. The van der Waals surface area contributed by atoms with Gasteiger partial charge in [0.15, 0.2) is 0 Å². The molecule has 0 saturated carbocycles. The van der Waals surface area contributed by atoms with Crippen molar-refractivity contribution in [2.45, 2.75) is 13.2 Å². The second-order valence-corrected chi connectivity index (χ2v) is 5.74. The van der Waals surface area contributed by atoms with Gasteiger partial charge in [0.25, 0.3) is 5.91 Å². The van der Waals surface area contributed by atoms with Crippen molar-refractivity contribution in [2.24, 2.45) is 0 Å². The predicted molar refractivity (Wildman–Crippen MR) is 101 cm³/mol. The number of amides is 1. The normalized spacial score (nSPS) is 10.9. The number of nitrogens with one attached hydrogen (secondary N) is 1. The largest absolute Gasteiger partial charge is 0.488 e. The fourth-order valence-electron chi connectivity index (χ4n) is 2.45. The number of benzene rings is 2. The fraction of sp³-hybridized carbons (Fsp3) is 0.0909. The Morgan fingerprint density at radius 2 is 1.85 bits per heavy atom. The number of para-hydroxylation sites is 1. The molecule has 3 aromatic rings. The Labute approximate surface area is 157 Å². The van der Waals surface area contributed by atoms with Gasteiger partial charge in [-0.2, -0.15) is 5.26 Å². The Morgan fingerprint density at radius 3 is 2.59 bits per heavy atom. The van der Waals surface area contributed by atoms with Crippen LogP contribution in [0.3, 0.4) is 0 Å². The summed E-state index contributed by atoms with van der Waals surface area (Å²) in [5.41, 5.74) is 1.70. The summed E-state index contributed by atoms with van der Waals surface area (Å²) in [4.78, 5) is 12.3. The molecule has 0 bridgehead atoms. The van der Waals surface area contributed by atoms with Gasteiger partial charge in [-0.3, -0.25) is 4.79 Å². The van der Waals surface area contributed by atoms with Crippen LogP contribution in [0.15, 0.2) is 83.0 Å². The summed E-state index contributed by atoms with van der Waals surface area (Å²) in [5, 5.41) is 12.0. The highest BCUT2D eigenvalue weighted by molar-refractivity contribution is 6.01. The van der Waals surface area contributed by atoms with Crippen molar-refractivity contribution < 1.29 is 13.9 Å². The van der Waals surface area contributed by atoms with Gasteiger partial charge in [-0.15, -0.1) is 0 Å². The molecular weight excluding hydrogens is 340 g/mol. The lowest BCUT2D eigenvalue weighted by Gasteiger charge is -2.10. The van der Waals surface area contributed by atoms with Gasteiger partial charge in [0.05, 0.1) is 12.8 Å². The molecule has 1 aromatic heterocycles. The molecule has 1 N–H and O–H groups in total. The average molecular weight is 358 g/mol. The van der Waals surface area contributed by atoms with Gasteiger partial charge in [0, 0.05) is 5.56 Å². The minimum absolute atomic E-state index is 0.00248. The van der Waals surface area contributed by atoms with Crippen LogP contribution in [-0.4, -0.2) is 5.91 Å². The zero-order valence-corrected chi connectivity index (χ0v) is 14.6. The highest BCUT2D eigenvalue weighted by atomic mass is 16.5. The Morgan fingerprint density at radius 1 is 1.07 bits per heavy atom. The fourth-order valence-corrected chi connectivity index (χ4v) is 2.45. The van der Waals surface area contributed by atoms with Crippen molar-refractivity contribution in [1.82, 2.24) is 5.32 Å². The van der Waals surface area contributed by atoms with Gasteiger partial charge in [-0.25, -0.2) is 0 Å². The molecule has 5 heteroatoms. The molecule has 1 heterocycles. The maximum atomic E-state index is 12.3. The van der Waals surface area contributed by atoms with Crippen molar-refractivity contribution in [1.29, 1.82) is 5.26 Å². The monoisotopic (exact) mass is 358 g/mol. The maximum absolute atomic E-state index is 12.3. The van der Waals surface area contributed by atoms with Crippen molar-refractivity contribution >= 4 is 12.0 Å². The van der Waals surface area contributed by atoms with Crippen LogP contribution in [0.4, 0.5) is 0 Å². The Balaban J connectivity index is 1.71. The number of rotatable bonds is 7. The topological polar surface area (TPSA) is 75.3 Å². The molecule has 0 aliphatic carbocycles. The number of nitriles is 1. The van der Waals surface area contributed by atoms with Gasteiger partial charge in [-0.05, 0) is 29.8 Å². The Kier molecular flexibility index (Phi) is 6.05. The van der Waals surface area contributed by atoms with E-state index in [1.54, 1.807) is 18.2 Å². The molecular formula is C22H18N2O3. The van der Waals surface area contributed by atoms with E-state index in [0.29, 0.717) is 23.7 Å². The van der Waals surface area contributed by atoms with E-state index in [1.165, 1.54) is 12.3 Å². The number of carbonyl (C=O) groups is 1. The third-order valence-electron chi connectivity index (χ3n) is 3.82. The summed E-state index contributed by atoms with van der Waals surface area (Å²) < 4.78 is 11.0. The van der Waals surface area contributed by atoms with Gasteiger partial charge < -0.3 is 14.5 Å². The van der Waals surface area contributed by atoms with Crippen molar-refractivity contribution in [2.75, 3.05) is 0 Å². The molecule has 0 aliphatic rings. The highest BCUT2D eigenvalue weighted by Crippen LogP contribution is 2.22. The molecule has 0 aliphatic heterocycles. The van der Waals surface area contributed by atoms with E-state index >= 15 is 0 Å². The molecule has 134 valence electrons. The molecule has 5 nitrogen and oxygen atoms in total. The van der Waals surface area contributed by atoms with E-state index in [4.69, 9.17) is 9.15 Å². The van der Waals surface area contributed by atoms with Crippen LogP contribution in [0.25, 0.3) is 6.08 Å². The zero-order chi connectivity index (χ0) is 18.9. The lowest BCUT2D eigenvalue weighted by Crippen LogP contribution is -2.23. The summed E-state index contributed by atoms with van der Waals surface area (Å²) in [6, 6.07) is 22.5. The second kappa shape index (κ2) is 9.07. The number of nitrogens with zero attached hydrogens (tertiary/aromatic N) is 1. The van der Waals surface area contributed by atoms with E-state index in [1.807, 2.05) is 54.6 Å². The van der Waals surface area contributed by atoms with Crippen LogP contribution >= 0.6 is 0 Å². The molecule has 1 amide bonds. The third kappa shape index (κ3) is 5.10. The second-order valence-electron chi connectivity index (χ2n) is 5.74. The lowest BCUT2D eigenvalue weighted by atomic mass is 10.1. The Hall–Kier alpha value is -3.78.